The van der Waals surface area contributed by atoms with E-state index in [1.807, 2.05) is 66.9 Å². The van der Waals surface area contributed by atoms with Crippen LogP contribution < -0.4 is 16.0 Å². The number of benzene rings is 3. The SMILES string of the molecule is CC(=O)[C@@H](Cc1c[nH]c2ccccc12)NC(=O)C(C)(C)N.CCCCC1(CC)Cc2ccccc2N1C(=O)c1ccccc1. The Morgan fingerprint density at radius 1 is 0.977 bits per heavy atom. The normalized spacial score (nSPS) is 16.5. The average molecular weight is 595 g/mol. The summed E-state index contributed by atoms with van der Waals surface area (Å²) >= 11 is 0. The van der Waals surface area contributed by atoms with Crippen LogP contribution in [-0.4, -0.2) is 39.7 Å². The molecule has 5 rings (SSSR count). The summed E-state index contributed by atoms with van der Waals surface area (Å²) in [7, 11) is 0. The number of hydrogen-bond donors (Lipinski definition) is 3. The molecule has 0 spiro atoms. The van der Waals surface area contributed by atoms with Gasteiger partial charge in [-0.3, -0.25) is 14.4 Å². The monoisotopic (exact) mass is 594 g/mol. The van der Waals surface area contributed by atoms with Crippen LogP contribution in [0.1, 0.15) is 81.8 Å². The van der Waals surface area contributed by atoms with Gasteiger partial charge in [0.15, 0.2) is 5.78 Å². The summed E-state index contributed by atoms with van der Waals surface area (Å²) in [5, 5.41) is 3.79. The topological polar surface area (TPSA) is 108 Å². The molecule has 0 saturated carbocycles. The molecular formula is C37H46N4O3. The van der Waals surface area contributed by atoms with Gasteiger partial charge in [-0.15, -0.1) is 0 Å². The van der Waals surface area contributed by atoms with E-state index in [4.69, 9.17) is 5.73 Å². The number of nitrogens with two attached hydrogens (primary N) is 1. The number of aromatic nitrogens is 1. The second-order valence-electron chi connectivity index (χ2n) is 12.4. The first-order chi connectivity index (χ1) is 21.0. The van der Waals surface area contributed by atoms with E-state index in [0.29, 0.717) is 6.42 Å². The Morgan fingerprint density at radius 3 is 2.30 bits per heavy atom. The summed E-state index contributed by atoms with van der Waals surface area (Å²) in [5.74, 6) is -0.283. The van der Waals surface area contributed by atoms with E-state index < -0.39 is 11.6 Å². The lowest BCUT2D eigenvalue weighted by molar-refractivity contribution is -0.129. The molecule has 7 nitrogen and oxygen atoms in total. The maximum absolute atomic E-state index is 13.3. The van der Waals surface area contributed by atoms with E-state index in [0.717, 1.165) is 59.8 Å². The number of unbranched alkanes of at least 4 members (excludes halogenated alkanes) is 1. The molecule has 0 bridgehead atoms. The summed E-state index contributed by atoms with van der Waals surface area (Å²) < 4.78 is 0. The van der Waals surface area contributed by atoms with E-state index in [-0.39, 0.29) is 23.1 Å². The summed E-state index contributed by atoms with van der Waals surface area (Å²) in [6, 6.07) is 25.4. The predicted molar refractivity (Wildman–Crippen MR) is 179 cm³/mol. The van der Waals surface area contributed by atoms with E-state index in [1.165, 1.54) is 12.5 Å². The molecule has 2 amide bonds. The van der Waals surface area contributed by atoms with Crippen molar-refractivity contribution < 1.29 is 14.4 Å². The Morgan fingerprint density at radius 2 is 1.64 bits per heavy atom. The Hall–Kier alpha value is -4.23. The number of anilines is 1. The van der Waals surface area contributed by atoms with Gasteiger partial charge < -0.3 is 20.9 Å². The lowest BCUT2D eigenvalue weighted by Crippen LogP contribution is -2.54. The van der Waals surface area contributed by atoms with Crippen LogP contribution in [0.2, 0.25) is 0 Å². The first-order valence-electron chi connectivity index (χ1n) is 15.6. The van der Waals surface area contributed by atoms with E-state index in [1.54, 1.807) is 13.8 Å². The third-order valence-corrected chi connectivity index (χ3v) is 8.58. The lowest BCUT2D eigenvalue weighted by atomic mass is 9.85. The van der Waals surface area contributed by atoms with Gasteiger partial charge in [0.1, 0.15) is 0 Å². The van der Waals surface area contributed by atoms with Crippen molar-refractivity contribution in [2.24, 2.45) is 5.73 Å². The zero-order chi connectivity index (χ0) is 31.9. The fourth-order valence-corrected chi connectivity index (χ4v) is 5.93. The number of aromatic amines is 1. The van der Waals surface area contributed by atoms with Crippen LogP contribution in [0.5, 0.6) is 0 Å². The van der Waals surface area contributed by atoms with E-state index in [9.17, 15) is 14.4 Å². The molecule has 1 aliphatic rings. The van der Waals surface area contributed by atoms with Gasteiger partial charge in [-0.05, 0) is 75.4 Å². The molecule has 1 aromatic heterocycles. The van der Waals surface area contributed by atoms with Crippen LogP contribution in [0.15, 0.2) is 85.1 Å². The number of H-pyrrole nitrogens is 1. The van der Waals surface area contributed by atoms with Crippen molar-refractivity contribution in [2.75, 3.05) is 4.90 Å². The van der Waals surface area contributed by atoms with Crippen molar-refractivity contribution in [3.05, 3.63) is 102 Å². The van der Waals surface area contributed by atoms with Gasteiger partial charge in [0, 0.05) is 34.8 Å². The van der Waals surface area contributed by atoms with Crippen molar-refractivity contribution in [1.29, 1.82) is 0 Å². The van der Waals surface area contributed by atoms with Crippen molar-refractivity contribution >= 4 is 34.2 Å². The molecule has 0 aliphatic carbocycles. The quantitative estimate of drug-likeness (QED) is 0.189. The highest BCUT2D eigenvalue weighted by atomic mass is 16.2. The van der Waals surface area contributed by atoms with Gasteiger partial charge in [-0.25, -0.2) is 0 Å². The Kier molecular flexibility index (Phi) is 10.4. The number of nitrogens with one attached hydrogen (secondary N) is 2. The Bertz CT molecular complexity index is 1590. The standard InChI is InChI=1S/C21H25NO.C16H21N3O2/c1-3-5-15-21(4-2)16-18-13-9-10-14-19(18)22(21)20(23)17-11-7-6-8-12-17;1-10(20)14(19-15(21)16(2,3)17)8-11-9-18-13-7-5-4-6-12(11)13/h6-14H,3-5,15-16H2,1-2H3;4-7,9,14,18H,8,17H2,1-3H3,(H,19,21)/t;14-/m.1/s1. The summed E-state index contributed by atoms with van der Waals surface area (Å²) in [4.78, 5) is 42.3. The number of nitrogens with zero attached hydrogens (tertiary/aromatic N) is 1. The first-order valence-corrected chi connectivity index (χ1v) is 15.6. The summed E-state index contributed by atoms with van der Waals surface area (Å²) in [5.41, 5.74) is 9.87. The number of hydrogen-bond acceptors (Lipinski definition) is 4. The molecular weight excluding hydrogens is 548 g/mol. The minimum atomic E-state index is -1.01. The fraction of sp³-hybridized carbons (Fsp3) is 0.378. The third kappa shape index (κ3) is 7.28. The molecule has 0 fully saturated rings. The predicted octanol–water partition coefficient (Wildman–Crippen LogP) is 6.75. The summed E-state index contributed by atoms with van der Waals surface area (Å²) in [6.07, 6.45) is 7.65. The number of carbonyl (C=O) groups excluding carboxylic acids is 3. The number of fused-ring (bicyclic) bond motifs is 2. The van der Waals surface area contributed by atoms with Crippen LogP contribution in [0.3, 0.4) is 0 Å². The van der Waals surface area contributed by atoms with Crippen molar-refractivity contribution in [3.63, 3.8) is 0 Å². The number of ketones is 1. The second-order valence-corrected chi connectivity index (χ2v) is 12.4. The van der Waals surface area contributed by atoms with Crippen LogP contribution >= 0.6 is 0 Å². The average Bonchev–Trinajstić information content (AvgIpc) is 3.58. The lowest BCUT2D eigenvalue weighted by Gasteiger charge is -2.38. The number of carbonyl (C=O) groups is 3. The van der Waals surface area contributed by atoms with Crippen LogP contribution in [0, 0.1) is 0 Å². The minimum absolute atomic E-state index is 0.0768. The third-order valence-electron chi connectivity index (χ3n) is 8.58. The van der Waals surface area contributed by atoms with Crippen LogP contribution in [-0.2, 0) is 22.4 Å². The Labute approximate surface area is 261 Å². The molecule has 0 saturated heterocycles. The molecule has 7 heteroatoms. The van der Waals surface area contributed by atoms with E-state index in [2.05, 4.69) is 47.2 Å². The number of amides is 2. The smallest absolute Gasteiger partial charge is 0.258 e. The van der Waals surface area contributed by atoms with Crippen molar-refractivity contribution in [3.8, 4) is 0 Å². The molecule has 232 valence electrons. The highest BCUT2D eigenvalue weighted by molar-refractivity contribution is 6.08. The van der Waals surface area contributed by atoms with Gasteiger partial charge in [-0.1, -0.05) is 81.3 Å². The number of Topliss-reactive ketones (excluding diaryl/α,β-unsaturated/α-hetero) is 1. The van der Waals surface area contributed by atoms with Crippen LogP contribution in [0.25, 0.3) is 10.9 Å². The zero-order valence-corrected chi connectivity index (χ0v) is 26.7. The van der Waals surface area contributed by atoms with Gasteiger partial charge >= 0.3 is 0 Å². The van der Waals surface area contributed by atoms with Crippen LogP contribution in [0.4, 0.5) is 5.69 Å². The maximum Gasteiger partial charge on any atom is 0.258 e. The molecule has 3 aromatic carbocycles. The van der Waals surface area contributed by atoms with Gasteiger partial charge in [0.2, 0.25) is 5.91 Å². The highest BCUT2D eigenvalue weighted by Gasteiger charge is 2.45. The van der Waals surface area contributed by atoms with Crippen molar-refractivity contribution in [1.82, 2.24) is 10.3 Å². The molecule has 2 atom stereocenters. The Balaban J connectivity index is 0.000000202. The fourth-order valence-electron chi connectivity index (χ4n) is 5.93. The summed E-state index contributed by atoms with van der Waals surface area (Å²) in [6.45, 7) is 9.14. The number of rotatable bonds is 10. The molecule has 1 unspecified atom stereocenters. The minimum Gasteiger partial charge on any atom is -0.361 e. The molecule has 4 N–H and O–H groups in total. The second kappa shape index (κ2) is 14.0. The molecule has 4 aromatic rings. The van der Waals surface area contributed by atoms with Gasteiger partial charge in [-0.2, -0.15) is 0 Å². The highest BCUT2D eigenvalue weighted by Crippen LogP contribution is 2.44. The van der Waals surface area contributed by atoms with Gasteiger partial charge in [0.05, 0.1) is 17.1 Å². The number of para-hydroxylation sites is 2. The van der Waals surface area contributed by atoms with Gasteiger partial charge in [0.25, 0.3) is 5.91 Å². The van der Waals surface area contributed by atoms with Crippen molar-refractivity contribution in [2.45, 2.75) is 90.3 Å². The molecule has 0 radical (unpaired) electrons. The maximum atomic E-state index is 13.3. The largest absolute Gasteiger partial charge is 0.361 e. The molecule has 1 aliphatic heterocycles. The molecule has 2 heterocycles. The first kappa shape index (κ1) is 32.7. The van der Waals surface area contributed by atoms with E-state index >= 15 is 0 Å². The molecule has 44 heavy (non-hydrogen) atoms. The zero-order valence-electron chi connectivity index (χ0n) is 26.7.